The van der Waals surface area contributed by atoms with Crippen molar-refractivity contribution in [3.8, 4) is 11.5 Å². The summed E-state index contributed by atoms with van der Waals surface area (Å²) in [6.45, 7) is 1.56. The van der Waals surface area contributed by atoms with Gasteiger partial charge >= 0.3 is 0 Å². The van der Waals surface area contributed by atoms with Crippen molar-refractivity contribution in [2.45, 2.75) is 16.5 Å². The number of rotatable bonds is 9. The van der Waals surface area contributed by atoms with E-state index in [0.29, 0.717) is 17.1 Å². The van der Waals surface area contributed by atoms with Crippen molar-refractivity contribution < 1.29 is 19.1 Å². The predicted octanol–water partition coefficient (Wildman–Crippen LogP) is 2.80. The normalized spacial score (nSPS) is 12.1. The van der Waals surface area contributed by atoms with Gasteiger partial charge in [0.05, 0.1) is 28.8 Å². The molecule has 156 valence electrons. The van der Waals surface area contributed by atoms with Gasteiger partial charge in [0.2, 0.25) is 0 Å². The monoisotopic (exact) mass is 444 g/mol. The summed E-state index contributed by atoms with van der Waals surface area (Å²) in [5, 5.41) is 3.64. The van der Waals surface area contributed by atoms with E-state index in [1.807, 2.05) is 24.3 Å². The molecule has 0 unspecified atom stereocenters. The molecule has 8 nitrogen and oxygen atoms in total. The van der Waals surface area contributed by atoms with Crippen LogP contribution < -0.4 is 20.6 Å². The molecular formula is C20H20N4O4S2. The molecule has 0 bridgehead atoms. The minimum Gasteiger partial charge on any atom is -0.493 e. The van der Waals surface area contributed by atoms with Gasteiger partial charge in [-0.1, -0.05) is 23.9 Å². The molecule has 0 aliphatic rings. The number of nitrogens with one attached hydrogen (secondary N) is 1. The number of hydrogen-bond donors (Lipinski definition) is 2. The molecule has 0 spiro atoms. The second-order valence-corrected chi connectivity index (χ2v) is 8.73. The number of carbonyl (C=O) groups excluding carboxylic acids is 2. The molecule has 0 aliphatic carbocycles. The Morgan fingerprint density at radius 3 is 2.83 bits per heavy atom. The maximum atomic E-state index is 12.3. The van der Waals surface area contributed by atoms with Crippen LogP contribution in [0.3, 0.4) is 0 Å². The number of hydrogen-bond acceptors (Lipinski definition) is 8. The van der Waals surface area contributed by atoms with Gasteiger partial charge in [-0.25, -0.2) is 10.4 Å². The number of aromatic nitrogens is 1. The Morgan fingerprint density at radius 2 is 2.10 bits per heavy atom. The Bertz CT molecular complexity index is 1050. The molecule has 1 atom stereocenters. The molecule has 0 saturated carbocycles. The molecule has 2 aromatic carbocycles. The van der Waals surface area contributed by atoms with Crippen molar-refractivity contribution >= 4 is 51.3 Å². The van der Waals surface area contributed by atoms with Gasteiger partial charge in [-0.15, -0.1) is 11.3 Å². The lowest BCUT2D eigenvalue weighted by Gasteiger charge is -2.10. The van der Waals surface area contributed by atoms with Crippen molar-refractivity contribution in [1.29, 1.82) is 0 Å². The molecule has 10 heteroatoms. The van der Waals surface area contributed by atoms with Crippen LogP contribution in [-0.2, 0) is 9.59 Å². The number of carbonyl (C=O) groups is 2. The fraction of sp³-hybridized carbons (Fsp3) is 0.200. The smallest absolute Gasteiger partial charge is 0.255 e. The van der Waals surface area contributed by atoms with Crippen LogP contribution in [0.25, 0.3) is 10.2 Å². The van der Waals surface area contributed by atoms with Crippen LogP contribution in [0, 0.1) is 0 Å². The van der Waals surface area contributed by atoms with Crippen LogP contribution in [0.5, 0.6) is 11.5 Å². The largest absolute Gasteiger partial charge is 0.493 e. The Balaban J connectivity index is 1.57. The highest BCUT2D eigenvalue weighted by Gasteiger charge is 2.16. The summed E-state index contributed by atoms with van der Waals surface area (Å²) >= 11 is 2.94. The number of primary amides is 1. The SMILES string of the molecule is COc1cc(/C=N\NC(=O)[C@@H](C)Sc2nc3ccccc3s2)ccc1OCC(N)=O. The number of amides is 2. The summed E-state index contributed by atoms with van der Waals surface area (Å²) < 4.78 is 12.4. The molecule has 0 fully saturated rings. The number of benzene rings is 2. The molecule has 3 N–H and O–H groups in total. The second-order valence-electron chi connectivity index (χ2n) is 6.11. The van der Waals surface area contributed by atoms with Gasteiger partial charge in [-0.2, -0.15) is 5.10 Å². The number of para-hydroxylation sites is 1. The molecule has 0 radical (unpaired) electrons. The van der Waals surface area contributed by atoms with E-state index < -0.39 is 5.91 Å². The van der Waals surface area contributed by atoms with E-state index in [0.717, 1.165) is 14.6 Å². The van der Waals surface area contributed by atoms with Crippen molar-refractivity contribution in [3.05, 3.63) is 48.0 Å². The van der Waals surface area contributed by atoms with Crippen molar-refractivity contribution in [1.82, 2.24) is 10.4 Å². The van der Waals surface area contributed by atoms with Crippen molar-refractivity contribution in [2.75, 3.05) is 13.7 Å². The molecule has 1 aromatic heterocycles. The first-order chi connectivity index (χ1) is 14.5. The van der Waals surface area contributed by atoms with Gasteiger partial charge in [-0.3, -0.25) is 9.59 Å². The number of ether oxygens (including phenoxy) is 2. The average Bonchev–Trinajstić information content (AvgIpc) is 3.14. The maximum absolute atomic E-state index is 12.3. The highest BCUT2D eigenvalue weighted by atomic mass is 32.2. The molecular weight excluding hydrogens is 424 g/mol. The van der Waals surface area contributed by atoms with Gasteiger partial charge < -0.3 is 15.2 Å². The molecule has 3 rings (SSSR count). The Morgan fingerprint density at radius 1 is 1.30 bits per heavy atom. The first kappa shape index (κ1) is 21.6. The minimum atomic E-state index is -0.580. The third-order valence-corrected chi connectivity index (χ3v) is 6.10. The van der Waals surface area contributed by atoms with Crippen LogP contribution in [-0.4, -0.2) is 42.0 Å². The minimum absolute atomic E-state index is 0.233. The van der Waals surface area contributed by atoms with Gasteiger partial charge in [0, 0.05) is 0 Å². The summed E-state index contributed by atoms with van der Waals surface area (Å²) in [5.41, 5.74) is 9.22. The molecule has 0 saturated heterocycles. The highest BCUT2D eigenvalue weighted by molar-refractivity contribution is 8.02. The maximum Gasteiger partial charge on any atom is 0.255 e. The topological polar surface area (TPSA) is 116 Å². The number of nitrogens with two attached hydrogens (primary N) is 1. The third kappa shape index (κ3) is 5.71. The number of thioether (sulfide) groups is 1. The van der Waals surface area contributed by atoms with E-state index >= 15 is 0 Å². The van der Waals surface area contributed by atoms with Gasteiger partial charge in [0.1, 0.15) is 0 Å². The second kappa shape index (κ2) is 10.1. The average molecular weight is 445 g/mol. The van der Waals surface area contributed by atoms with Gasteiger partial charge in [0.15, 0.2) is 22.4 Å². The van der Waals surface area contributed by atoms with E-state index in [2.05, 4.69) is 15.5 Å². The Hall–Kier alpha value is -3.11. The third-order valence-electron chi connectivity index (χ3n) is 3.87. The van der Waals surface area contributed by atoms with Crippen LogP contribution in [0.15, 0.2) is 51.9 Å². The Kier molecular flexibility index (Phi) is 7.26. The first-order valence-corrected chi connectivity index (χ1v) is 10.6. The fourth-order valence-corrected chi connectivity index (χ4v) is 4.61. The summed E-state index contributed by atoms with van der Waals surface area (Å²) in [7, 11) is 1.48. The summed E-state index contributed by atoms with van der Waals surface area (Å²) in [6.07, 6.45) is 1.49. The van der Waals surface area contributed by atoms with Gasteiger partial charge in [-0.05, 0) is 42.8 Å². The Labute approximate surface area is 181 Å². The lowest BCUT2D eigenvalue weighted by atomic mass is 10.2. The number of methoxy groups -OCH3 is 1. The van der Waals surface area contributed by atoms with Crippen LogP contribution in [0.2, 0.25) is 0 Å². The summed E-state index contributed by atoms with van der Waals surface area (Å²) in [4.78, 5) is 27.7. The number of nitrogens with zero attached hydrogens (tertiary/aromatic N) is 2. The van der Waals surface area contributed by atoms with Crippen molar-refractivity contribution in [2.24, 2.45) is 10.8 Å². The zero-order valence-electron chi connectivity index (χ0n) is 16.3. The van der Waals surface area contributed by atoms with Gasteiger partial charge in [0.25, 0.3) is 11.8 Å². The van der Waals surface area contributed by atoms with E-state index in [1.54, 1.807) is 36.5 Å². The highest BCUT2D eigenvalue weighted by Crippen LogP contribution is 2.32. The molecule has 1 heterocycles. The van der Waals surface area contributed by atoms with Crippen LogP contribution in [0.1, 0.15) is 12.5 Å². The number of fused-ring (bicyclic) bond motifs is 1. The summed E-state index contributed by atoms with van der Waals surface area (Å²) in [5.74, 6) is -0.00301. The quantitative estimate of drug-likeness (QED) is 0.298. The molecule has 0 aliphatic heterocycles. The lowest BCUT2D eigenvalue weighted by molar-refractivity contribution is -0.120. The molecule has 2 amide bonds. The molecule has 3 aromatic rings. The van der Waals surface area contributed by atoms with E-state index in [1.165, 1.54) is 25.1 Å². The summed E-state index contributed by atoms with van der Waals surface area (Å²) in [6, 6.07) is 12.9. The van der Waals surface area contributed by atoms with Crippen LogP contribution in [0.4, 0.5) is 0 Å². The van der Waals surface area contributed by atoms with Crippen LogP contribution >= 0.6 is 23.1 Å². The standard InChI is InChI=1S/C20H20N4O4S2/c1-12(29-20-23-14-5-3-4-6-17(14)30-20)19(26)24-22-10-13-7-8-15(16(9-13)27-2)28-11-18(21)25/h3-10,12H,11H2,1-2H3,(H2,21,25)(H,24,26)/b22-10-/t12-/m1/s1. The van der Waals surface area contributed by atoms with E-state index in [9.17, 15) is 9.59 Å². The lowest BCUT2D eigenvalue weighted by Crippen LogP contribution is -2.26. The number of thiazole rings is 1. The van der Waals surface area contributed by atoms with Crippen molar-refractivity contribution in [3.63, 3.8) is 0 Å². The first-order valence-electron chi connectivity index (χ1n) is 8.90. The zero-order valence-corrected chi connectivity index (χ0v) is 18.0. The number of hydrazone groups is 1. The van der Waals surface area contributed by atoms with E-state index in [-0.39, 0.29) is 17.8 Å². The zero-order chi connectivity index (χ0) is 21.5. The fourth-order valence-electron chi connectivity index (χ4n) is 2.40. The molecule has 30 heavy (non-hydrogen) atoms. The predicted molar refractivity (Wildman–Crippen MR) is 118 cm³/mol. The van der Waals surface area contributed by atoms with E-state index in [4.69, 9.17) is 15.2 Å².